The zero-order valence-corrected chi connectivity index (χ0v) is 21.5. The Kier molecular flexibility index (Phi) is 8.09. The van der Waals surface area contributed by atoms with E-state index >= 15 is 0 Å². The number of fused-ring (bicyclic) bond motifs is 1. The molecule has 3 aliphatic rings. The quantitative estimate of drug-likeness (QED) is 0.572. The molecular formula is C26H32Cl2N4O3. The van der Waals surface area contributed by atoms with Crippen molar-refractivity contribution >= 4 is 47.2 Å². The van der Waals surface area contributed by atoms with Crippen molar-refractivity contribution in [3.63, 3.8) is 0 Å². The molecular weight excluding hydrogens is 487 g/mol. The number of carbonyl (C=O) groups excluding carboxylic acids is 2. The first-order valence-electron chi connectivity index (χ1n) is 12.2. The molecule has 2 fully saturated rings. The van der Waals surface area contributed by atoms with Crippen molar-refractivity contribution in [2.24, 2.45) is 0 Å². The molecule has 2 aliphatic heterocycles. The minimum absolute atomic E-state index is 0. The molecule has 35 heavy (non-hydrogen) atoms. The number of hydrogen-bond donors (Lipinski definition) is 2. The molecule has 2 atom stereocenters. The first-order valence-corrected chi connectivity index (χ1v) is 12.5. The van der Waals surface area contributed by atoms with Crippen molar-refractivity contribution in [3.8, 4) is 5.75 Å². The Bertz CT molecular complexity index is 1090. The fourth-order valence-electron chi connectivity index (χ4n) is 5.38. The van der Waals surface area contributed by atoms with Crippen LogP contribution in [0.2, 0.25) is 5.02 Å². The summed E-state index contributed by atoms with van der Waals surface area (Å²) in [5.41, 5.74) is 2.70. The number of likely N-dealkylation sites (N-methyl/N-ethyl adjacent to an activating group) is 1. The average molecular weight is 519 g/mol. The van der Waals surface area contributed by atoms with Gasteiger partial charge in [-0.3, -0.25) is 14.5 Å². The smallest absolute Gasteiger partial charge is 0.259 e. The molecule has 2 heterocycles. The third kappa shape index (κ3) is 5.68. The van der Waals surface area contributed by atoms with Gasteiger partial charge in [0.05, 0.1) is 12.0 Å². The number of anilines is 2. The normalized spacial score (nSPS) is 22.1. The van der Waals surface area contributed by atoms with E-state index in [0.29, 0.717) is 34.1 Å². The van der Waals surface area contributed by atoms with Gasteiger partial charge in [0.15, 0.2) is 5.75 Å². The molecule has 9 heteroatoms. The van der Waals surface area contributed by atoms with Crippen LogP contribution >= 0.6 is 24.0 Å². The van der Waals surface area contributed by atoms with Gasteiger partial charge in [-0.2, -0.15) is 5.06 Å². The largest absolute Gasteiger partial charge is 0.380 e. The highest BCUT2D eigenvalue weighted by molar-refractivity contribution is 6.31. The van der Waals surface area contributed by atoms with Gasteiger partial charge in [-0.25, -0.2) is 0 Å². The SMILES string of the molecule is CN1Oc2ccc(NC(=O)c3ccc(Cl)cc3N[C@@H]3CCCC[C@H]3N3CCCC3)cc2CC1=O.Cl. The maximum Gasteiger partial charge on any atom is 0.259 e. The van der Waals surface area contributed by atoms with E-state index in [4.69, 9.17) is 16.4 Å². The van der Waals surface area contributed by atoms with Gasteiger partial charge in [-0.05, 0) is 75.2 Å². The van der Waals surface area contributed by atoms with E-state index in [1.807, 2.05) is 6.07 Å². The van der Waals surface area contributed by atoms with Crippen LogP contribution in [-0.4, -0.2) is 54.0 Å². The lowest BCUT2D eigenvalue weighted by atomic mass is 9.89. The van der Waals surface area contributed by atoms with Crippen LogP contribution < -0.4 is 15.5 Å². The molecule has 1 saturated carbocycles. The molecule has 188 valence electrons. The minimum Gasteiger partial charge on any atom is -0.380 e. The zero-order valence-electron chi connectivity index (χ0n) is 19.9. The summed E-state index contributed by atoms with van der Waals surface area (Å²) in [6, 6.07) is 11.5. The number of benzene rings is 2. The molecule has 7 nitrogen and oxygen atoms in total. The first kappa shape index (κ1) is 25.6. The van der Waals surface area contributed by atoms with Gasteiger partial charge in [0.2, 0.25) is 0 Å². The van der Waals surface area contributed by atoms with Gasteiger partial charge < -0.3 is 15.5 Å². The van der Waals surface area contributed by atoms with Crippen molar-refractivity contribution in [2.45, 2.75) is 57.0 Å². The summed E-state index contributed by atoms with van der Waals surface area (Å²) in [4.78, 5) is 33.4. The summed E-state index contributed by atoms with van der Waals surface area (Å²) >= 11 is 6.34. The fraction of sp³-hybridized carbons (Fsp3) is 0.462. The van der Waals surface area contributed by atoms with E-state index in [2.05, 4.69) is 15.5 Å². The van der Waals surface area contributed by atoms with Crippen LogP contribution in [0.3, 0.4) is 0 Å². The number of likely N-dealkylation sites (tertiary alicyclic amines) is 1. The highest BCUT2D eigenvalue weighted by atomic mass is 35.5. The maximum absolute atomic E-state index is 13.3. The predicted molar refractivity (Wildman–Crippen MR) is 141 cm³/mol. The molecule has 1 saturated heterocycles. The van der Waals surface area contributed by atoms with Crippen LogP contribution in [-0.2, 0) is 11.2 Å². The van der Waals surface area contributed by atoms with Crippen molar-refractivity contribution in [1.29, 1.82) is 0 Å². The van der Waals surface area contributed by atoms with Crippen LogP contribution in [0, 0.1) is 0 Å². The summed E-state index contributed by atoms with van der Waals surface area (Å²) in [7, 11) is 1.59. The molecule has 2 N–H and O–H groups in total. The van der Waals surface area contributed by atoms with Crippen LogP contribution in [0.1, 0.15) is 54.4 Å². The van der Waals surface area contributed by atoms with E-state index in [-0.39, 0.29) is 30.6 Å². The Morgan fingerprint density at radius 2 is 1.83 bits per heavy atom. The number of halogens is 2. The second-order valence-electron chi connectivity index (χ2n) is 9.47. The van der Waals surface area contributed by atoms with Crippen molar-refractivity contribution in [2.75, 3.05) is 30.8 Å². The predicted octanol–water partition coefficient (Wildman–Crippen LogP) is 5.14. The summed E-state index contributed by atoms with van der Waals surface area (Å²) in [5.74, 6) is 0.284. The van der Waals surface area contributed by atoms with Crippen molar-refractivity contribution < 1.29 is 14.4 Å². The number of amides is 2. The summed E-state index contributed by atoms with van der Waals surface area (Å²) in [6.07, 6.45) is 7.48. The second-order valence-corrected chi connectivity index (χ2v) is 9.91. The van der Waals surface area contributed by atoms with Crippen molar-refractivity contribution in [1.82, 2.24) is 9.96 Å². The Morgan fingerprint density at radius 1 is 1.06 bits per heavy atom. The Labute approximate surface area is 217 Å². The molecule has 0 radical (unpaired) electrons. The average Bonchev–Trinajstić information content (AvgIpc) is 3.35. The Balaban J connectivity index is 0.00000289. The van der Waals surface area contributed by atoms with Crippen molar-refractivity contribution in [3.05, 3.63) is 52.5 Å². The van der Waals surface area contributed by atoms with Gasteiger partial charge in [-0.1, -0.05) is 24.4 Å². The fourth-order valence-corrected chi connectivity index (χ4v) is 5.55. The molecule has 5 rings (SSSR count). The lowest BCUT2D eigenvalue weighted by Crippen LogP contribution is -2.47. The monoisotopic (exact) mass is 518 g/mol. The molecule has 1 aliphatic carbocycles. The van der Waals surface area contributed by atoms with Gasteiger partial charge in [0.25, 0.3) is 11.8 Å². The first-order chi connectivity index (χ1) is 16.5. The number of nitrogens with one attached hydrogen (secondary N) is 2. The standard InChI is InChI=1S/C26H31ClN4O3.ClH/c1-30-25(32)15-17-14-19(9-11-24(17)34-30)28-26(33)20-10-8-18(27)16-22(20)29-21-6-2-3-7-23(21)31-12-4-5-13-31;/h8-11,14,16,21,23,29H,2-7,12-13,15H2,1H3,(H,28,33);1H/t21-,23-;/m1./s1. The molecule has 0 bridgehead atoms. The number of hydroxylamine groups is 2. The third-order valence-corrected chi connectivity index (χ3v) is 7.39. The van der Waals surface area contributed by atoms with E-state index < -0.39 is 0 Å². The lowest BCUT2D eigenvalue weighted by Gasteiger charge is -2.39. The molecule has 0 spiro atoms. The zero-order chi connectivity index (χ0) is 23.7. The molecule has 0 unspecified atom stereocenters. The third-order valence-electron chi connectivity index (χ3n) is 7.15. The molecule has 0 aromatic heterocycles. The summed E-state index contributed by atoms with van der Waals surface area (Å²) in [6.45, 7) is 2.32. The van der Waals surface area contributed by atoms with Gasteiger partial charge in [-0.15, -0.1) is 12.4 Å². The van der Waals surface area contributed by atoms with E-state index in [9.17, 15) is 9.59 Å². The number of nitrogens with zero attached hydrogens (tertiary/aromatic N) is 2. The highest BCUT2D eigenvalue weighted by Crippen LogP contribution is 2.32. The number of carbonyl (C=O) groups is 2. The minimum atomic E-state index is -0.215. The van der Waals surface area contributed by atoms with Gasteiger partial charge >= 0.3 is 0 Å². The van der Waals surface area contributed by atoms with Crippen LogP contribution in [0.15, 0.2) is 36.4 Å². The summed E-state index contributed by atoms with van der Waals surface area (Å²) < 4.78 is 0. The molecule has 2 aromatic rings. The number of rotatable bonds is 5. The van der Waals surface area contributed by atoms with Gasteiger partial charge in [0.1, 0.15) is 0 Å². The molecule has 2 amide bonds. The second kappa shape index (κ2) is 11.1. The van der Waals surface area contributed by atoms with Crippen LogP contribution in [0.5, 0.6) is 5.75 Å². The van der Waals surface area contributed by atoms with E-state index in [0.717, 1.165) is 30.8 Å². The summed E-state index contributed by atoms with van der Waals surface area (Å²) in [5, 5.41) is 8.50. The van der Waals surface area contributed by atoms with Crippen LogP contribution in [0.25, 0.3) is 0 Å². The van der Waals surface area contributed by atoms with E-state index in [1.165, 1.54) is 37.2 Å². The van der Waals surface area contributed by atoms with E-state index in [1.54, 1.807) is 37.4 Å². The Hall–Kier alpha value is -2.48. The lowest BCUT2D eigenvalue weighted by molar-refractivity contribution is -0.154. The molecule has 2 aromatic carbocycles. The Morgan fingerprint density at radius 3 is 2.63 bits per heavy atom. The number of hydrogen-bond acceptors (Lipinski definition) is 5. The van der Waals surface area contributed by atoms with Gasteiger partial charge in [0, 0.05) is 41.1 Å². The highest BCUT2D eigenvalue weighted by Gasteiger charge is 2.32. The van der Waals surface area contributed by atoms with Crippen LogP contribution in [0.4, 0.5) is 11.4 Å². The topological polar surface area (TPSA) is 73.9 Å². The maximum atomic E-state index is 13.3.